The van der Waals surface area contributed by atoms with Gasteiger partial charge in [0.1, 0.15) is 0 Å². The van der Waals surface area contributed by atoms with Gasteiger partial charge in [-0.25, -0.2) is 0 Å². The Hall–Kier alpha value is -2.44. The van der Waals surface area contributed by atoms with Crippen LogP contribution in [0.5, 0.6) is 11.5 Å². The van der Waals surface area contributed by atoms with E-state index < -0.39 is 0 Å². The molecule has 26 heavy (non-hydrogen) atoms. The van der Waals surface area contributed by atoms with E-state index in [0.717, 1.165) is 17.3 Å². The number of ether oxygens (including phenoxy) is 2. The molecule has 1 saturated heterocycles. The zero-order valence-corrected chi connectivity index (χ0v) is 15.8. The number of thioether (sulfide) groups is 1. The molecule has 2 aromatic carbocycles. The molecule has 0 aromatic heterocycles. The van der Waals surface area contributed by atoms with Crippen molar-refractivity contribution in [2.45, 2.75) is 6.54 Å². The molecule has 0 saturated carbocycles. The van der Waals surface area contributed by atoms with Crippen molar-refractivity contribution in [3.05, 3.63) is 63.5 Å². The summed E-state index contributed by atoms with van der Waals surface area (Å²) >= 11 is 7.11. The number of hydrogen-bond acceptors (Lipinski definition) is 5. The van der Waals surface area contributed by atoms with E-state index in [9.17, 15) is 9.59 Å². The highest BCUT2D eigenvalue weighted by Gasteiger charge is 2.35. The largest absolute Gasteiger partial charge is 0.493 e. The molecule has 2 amide bonds. The summed E-state index contributed by atoms with van der Waals surface area (Å²) < 4.78 is 10.5. The van der Waals surface area contributed by atoms with Crippen LogP contribution >= 0.6 is 23.4 Å². The van der Waals surface area contributed by atoms with Crippen molar-refractivity contribution in [2.24, 2.45) is 0 Å². The third-order valence-corrected chi connectivity index (χ3v) is 5.00. The smallest absolute Gasteiger partial charge is 0.293 e. The van der Waals surface area contributed by atoms with Gasteiger partial charge in [-0.05, 0) is 41.1 Å². The number of halogens is 1. The molecule has 7 heteroatoms. The first-order valence-corrected chi connectivity index (χ1v) is 8.93. The molecule has 0 atom stereocenters. The summed E-state index contributed by atoms with van der Waals surface area (Å²) in [5.74, 6) is 0.549. The molecular formula is C19H16ClNO4S. The Morgan fingerprint density at radius 2 is 1.85 bits per heavy atom. The molecule has 5 nitrogen and oxygen atoms in total. The maximum atomic E-state index is 12.6. The first-order chi connectivity index (χ1) is 12.5. The number of carbonyl (C=O) groups is 2. The third-order valence-electron chi connectivity index (χ3n) is 3.81. The summed E-state index contributed by atoms with van der Waals surface area (Å²) in [5.41, 5.74) is 1.54. The summed E-state index contributed by atoms with van der Waals surface area (Å²) in [5, 5.41) is 0.0679. The van der Waals surface area contributed by atoms with Crippen LogP contribution in [-0.2, 0) is 11.3 Å². The second-order valence-corrected chi connectivity index (χ2v) is 6.89. The summed E-state index contributed by atoms with van der Waals surface area (Å²) in [6, 6.07) is 12.7. The van der Waals surface area contributed by atoms with Crippen LogP contribution in [0.15, 0.2) is 47.4 Å². The quantitative estimate of drug-likeness (QED) is 0.700. The Kier molecular flexibility index (Phi) is 5.54. The number of hydrogen-bond donors (Lipinski definition) is 0. The topological polar surface area (TPSA) is 55.8 Å². The van der Waals surface area contributed by atoms with Crippen molar-refractivity contribution < 1.29 is 19.1 Å². The molecule has 1 aliphatic rings. The number of rotatable bonds is 5. The minimum Gasteiger partial charge on any atom is -0.493 e. The van der Waals surface area contributed by atoms with Gasteiger partial charge in [0.2, 0.25) is 0 Å². The normalized spacial score (nSPS) is 15.7. The predicted octanol–water partition coefficient (Wildman–Crippen LogP) is 4.59. The molecule has 1 heterocycles. The standard InChI is InChI=1S/C19H16ClNO4S/c1-24-15-9-13(8-14(20)17(15)25-2)10-16-18(22)21(19(23)26-16)11-12-6-4-3-5-7-12/h3-10H,11H2,1-2H3/b16-10-. The molecule has 0 unspecified atom stereocenters. The van der Waals surface area contributed by atoms with E-state index in [2.05, 4.69) is 0 Å². The van der Waals surface area contributed by atoms with Crippen molar-refractivity contribution in [2.75, 3.05) is 14.2 Å². The lowest BCUT2D eigenvalue weighted by Crippen LogP contribution is -2.27. The van der Waals surface area contributed by atoms with Crippen molar-refractivity contribution in [3.8, 4) is 11.5 Å². The van der Waals surface area contributed by atoms with Gasteiger partial charge in [0.25, 0.3) is 11.1 Å². The average molecular weight is 390 g/mol. The first-order valence-electron chi connectivity index (χ1n) is 7.74. The molecule has 1 fully saturated rings. The van der Waals surface area contributed by atoms with Crippen LogP contribution < -0.4 is 9.47 Å². The van der Waals surface area contributed by atoms with Gasteiger partial charge in [-0.3, -0.25) is 14.5 Å². The van der Waals surface area contributed by atoms with Crippen LogP contribution in [0.2, 0.25) is 5.02 Å². The fraction of sp³-hybridized carbons (Fsp3) is 0.158. The predicted molar refractivity (Wildman–Crippen MR) is 103 cm³/mol. The van der Waals surface area contributed by atoms with Gasteiger partial charge in [-0.1, -0.05) is 41.9 Å². The van der Waals surface area contributed by atoms with Crippen molar-refractivity contribution in [1.82, 2.24) is 4.90 Å². The van der Waals surface area contributed by atoms with E-state index in [0.29, 0.717) is 27.0 Å². The fourth-order valence-electron chi connectivity index (χ4n) is 2.57. The van der Waals surface area contributed by atoms with Crippen molar-refractivity contribution in [1.29, 1.82) is 0 Å². The minimum absolute atomic E-state index is 0.246. The highest BCUT2D eigenvalue weighted by atomic mass is 35.5. The van der Waals surface area contributed by atoms with Gasteiger partial charge in [-0.2, -0.15) is 0 Å². The first kappa shape index (κ1) is 18.4. The van der Waals surface area contributed by atoms with Crippen LogP contribution in [0.25, 0.3) is 6.08 Å². The molecule has 0 radical (unpaired) electrons. The summed E-state index contributed by atoms with van der Waals surface area (Å²) in [7, 11) is 3.00. The van der Waals surface area contributed by atoms with E-state index in [1.807, 2.05) is 30.3 Å². The number of benzene rings is 2. The SMILES string of the molecule is COc1cc(/C=C2\SC(=O)N(Cc3ccccc3)C2=O)cc(Cl)c1OC. The molecule has 0 N–H and O–H groups in total. The maximum Gasteiger partial charge on any atom is 0.293 e. The van der Waals surface area contributed by atoms with Crippen LogP contribution in [0.1, 0.15) is 11.1 Å². The molecule has 0 bridgehead atoms. The number of amides is 2. The van der Waals surface area contributed by atoms with Gasteiger partial charge >= 0.3 is 0 Å². The summed E-state index contributed by atoms with van der Waals surface area (Å²) in [4.78, 5) is 26.4. The second kappa shape index (κ2) is 7.85. The third kappa shape index (κ3) is 3.71. The molecule has 0 aliphatic carbocycles. The zero-order valence-electron chi connectivity index (χ0n) is 14.2. The molecule has 3 rings (SSSR count). The van der Waals surface area contributed by atoms with E-state index in [1.165, 1.54) is 19.1 Å². The van der Waals surface area contributed by atoms with Crippen LogP contribution in [0.4, 0.5) is 4.79 Å². The Morgan fingerprint density at radius 3 is 2.50 bits per heavy atom. The van der Waals surface area contributed by atoms with Gasteiger partial charge in [-0.15, -0.1) is 0 Å². The minimum atomic E-state index is -0.324. The van der Waals surface area contributed by atoms with Gasteiger partial charge in [0.05, 0.1) is 30.7 Å². The zero-order chi connectivity index (χ0) is 18.7. The molecular weight excluding hydrogens is 374 g/mol. The average Bonchev–Trinajstić information content (AvgIpc) is 2.89. The highest BCUT2D eigenvalue weighted by molar-refractivity contribution is 8.18. The fourth-order valence-corrected chi connectivity index (χ4v) is 3.71. The monoisotopic (exact) mass is 389 g/mol. The summed E-state index contributed by atoms with van der Waals surface area (Å²) in [6.45, 7) is 0.246. The van der Waals surface area contributed by atoms with Crippen LogP contribution in [0, 0.1) is 0 Å². The number of nitrogens with zero attached hydrogens (tertiary/aromatic N) is 1. The van der Waals surface area contributed by atoms with E-state index in [-0.39, 0.29) is 17.7 Å². The molecule has 134 valence electrons. The lowest BCUT2D eigenvalue weighted by molar-refractivity contribution is -0.123. The molecule has 2 aromatic rings. The van der Waals surface area contributed by atoms with E-state index >= 15 is 0 Å². The molecule has 1 aliphatic heterocycles. The second-order valence-electron chi connectivity index (χ2n) is 5.49. The lowest BCUT2D eigenvalue weighted by Gasteiger charge is -2.12. The Labute approximate surface area is 160 Å². The summed E-state index contributed by atoms with van der Waals surface area (Å²) in [6.07, 6.45) is 1.63. The maximum absolute atomic E-state index is 12.6. The van der Waals surface area contributed by atoms with Gasteiger partial charge in [0, 0.05) is 0 Å². The number of methoxy groups -OCH3 is 2. The molecule has 0 spiro atoms. The van der Waals surface area contributed by atoms with Crippen molar-refractivity contribution >= 4 is 40.6 Å². The Balaban J connectivity index is 1.87. The van der Waals surface area contributed by atoms with Gasteiger partial charge < -0.3 is 9.47 Å². The Morgan fingerprint density at radius 1 is 1.12 bits per heavy atom. The Bertz CT molecular complexity index is 883. The lowest BCUT2D eigenvalue weighted by atomic mass is 10.1. The van der Waals surface area contributed by atoms with Crippen LogP contribution in [0.3, 0.4) is 0 Å². The van der Waals surface area contributed by atoms with Crippen LogP contribution in [-0.4, -0.2) is 30.3 Å². The van der Waals surface area contributed by atoms with Gasteiger partial charge in [0.15, 0.2) is 11.5 Å². The van der Waals surface area contributed by atoms with E-state index in [4.69, 9.17) is 21.1 Å². The number of carbonyl (C=O) groups excluding carboxylic acids is 2. The number of imide groups is 1. The van der Waals surface area contributed by atoms with Crippen molar-refractivity contribution in [3.63, 3.8) is 0 Å². The highest BCUT2D eigenvalue weighted by Crippen LogP contribution is 2.38. The van der Waals surface area contributed by atoms with E-state index in [1.54, 1.807) is 18.2 Å².